The summed E-state index contributed by atoms with van der Waals surface area (Å²) in [5.41, 5.74) is 1.81. The number of halogens is 1. The number of aryl methyl sites for hydroxylation is 2. The molecular formula is C12H20ClN3O2. The predicted octanol–water partition coefficient (Wildman–Crippen LogP) is 1.77. The molecule has 0 atom stereocenters. The molecule has 0 aliphatic heterocycles. The van der Waals surface area contributed by atoms with Crippen LogP contribution in [0.3, 0.4) is 0 Å². The third-order valence-corrected chi connectivity index (χ3v) is 3.00. The maximum atomic E-state index is 11.2. The Morgan fingerprint density at radius 1 is 1.44 bits per heavy atom. The normalized spacial score (nSPS) is 10.7. The van der Waals surface area contributed by atoms with E-state index >= 15 is 0 Å². The van der Waals surface area contributed by atoms with Crippen molar-refractivity contribution in [3.05, 3.63) is 16.4 Å². The van der Waals surface area contributed by atoms with Gasteiger partial charge in [0.15, 0.2) is 0 Å². The number of aromatic nitrogens is 2. The molecular weight excluding hydrogens is 254 g/mol. The number of carbonyl (C=O) groups is 1. The molecule has 0 aliphatic rings. The van der Waals surface area contributed by atoms with Crippen LogP contribution >= 0.6 is 11.6 Å². The van der Waals surface area contributed by atoms with Gasteiger partial charge in [-0.15, -0.1) is 0 Å². The smallest absolute Gasteiger partial charge is 0.319 e. The van der Waals surface area contributed by atoms with Gasteiger partial charge < -0.3 is 10.1 Å². The van der Waals surface area contributed by atoms with E-state index in [0.717, 1.165) is 24.4 Å². The van der Waals surface area contributed by atoms with Gasteiger partial charge in [-0.3, -0.25) is 9.48 Å². The van der Waals surface area contributed by atoms with E-state index in [1.165, 1.54) is 0 Å². The van der Waals surface area contributed by atoms with Gasteiger partial charge in [0.05, 0.1) is 29.6 Å². The summed E-state index contributed by atoms with van der Waals surface area (Å²) in [6.07, 6.45) is 0.802. The first-order valence-electron chi connectivity index (χ1n) is 6.24. The van der Waals surface area contributed by atoms with Crippen LogP contribution in [0.5, 0.6) is 0 Å². The molecule has 1 rings (SSSR count). The molecule has 102 valence electrons. The van der Waals surface area contributed by atoms with E-state index in [0.29, 0.717) is 18.2 Å². The quantitative estimate of drug-likeness (QED) is 0.770. The minimum Gasteiger partial charge on any atom is -0.465 e. The van der Waals surface area contributed by atoms with Gasteiger partial charge in [0.2, 0.25) is 0 Å². The number of ether oxygens (including phenoxy) is 1. The molecule has 0 aromatic carbocycles. The number of esters is 1. The lowest BCUT2D eigenvalue weighted by atomic mass is 10.3. The van der Waals surface area contributed by atoms with Crippen molar-refractivity contribution in [1.82, 2.24) is 15.1 Å². The highest BCUT2D eigenvalue weighted by Crippen LogP contribution is 2.21. The van der Waals surface area contributed by atoms with Crippen molar-refractivity contribution in [3.8, 4) is 0 Å². The van der Waals surface area contributed by atoms with Crippen LogP contribution in [-0.2, 0) is 29.0 Å². The molecule has 1 N–H and O–H groups in total. The fraction of sp³-hybridized carbons (Fsp3) is 0.667. The van der Waals surface area contributed by atoms with Crippen molar-refractivity contribution < 1.29 is 9.53 Å². The van der Waals surface area contributed by atoms with Gasteiger partial charge in [-0.2, -0.15) is 5.10 Å². The first-order chi connectivity index (χ1) is 8.63. The maximum absolute atomic E-state index is 11.2. The van der Waals surface area contributed by atoms with Gasteiger partial charge in [-0.25, -0.2) is 0 Å². The minimum atomic E-state index is -0.257. The second-order valence-corrected chi connectivity index (χ2v) is 4.16. The van der Waals surface area contributed by atoms with Gasteiger partial charge >= 0.3 is 5.97 Å². The second kappa shape index (κ2) is 7.38. The molecule has 0 saturated carbocycles. The van der Waals surface area contributed by atoms with Crippen LogP contribution in [0.1, 0.15) is 32.2 Å². The fourth-order valence-electron chi connectivity index (χ4n) is 1.68. The minimum absolute atomic E-state index is 0.181. The summed E-state index contributed by atoms with van der Waals surface area (Å²) in [5, 5.41) is 8.12. The number of nitrogens with one attached hydrogen (secondary N) is 1. The largest absolute Gasteiger partial charge is 0.465 e. The fourth-order valence-corrected chi connectivity index (χ4v) is 2.02. The number of hydrogen-bond acceptors (Lipinski definition) is 4. The highest BCUT2D eigenvalue weighted by Gasteiger charge is 2.14. The lowest BCUT2D eigenvalue weighted by Crippen LogP contribution is -2.25. The van der Waals surface area contributed by atoms with Gasteiger partial charge in [-0.05, 0) is 20.3 Å². The summed E-state index contributed by atoms with van der Waals surface area (Å²) in [6, 6.07) is 0. The molecule has 5 nitrogen and oxygen atoms in total. The lowest BCUT2D eigenvalue weighted by Gasteiger charge is -2.07. The Hall–Kier alpha value is -1.07. The Morgan fingerprint density at radius 3 is 2.72 bits per heavy atom. The Kier molecular flexibility index (Phi) is 6.15. The average Bonchev–Trinajstić information content (AvgIpc) is 2.66. The topological polar surface area (TPSA) is 56.1 Å². The zero-order valence-electron chi connectivity index (χ0n) is 11.1. The van der Waals surface area contributed by atoms with Crippen molar-refractivity contribution in [1.29, 1.82) is 0 Å². The Balaban J connectivity index is 2.61. The van der Waals surface area contributed by atoms with Crippen molar-refractivity contribution in [2.75, 3.05) is 13.2 Å². The first kappa shape index (κ1) is 15.0. The Bertz CT molecular complexity index is 404. The van der Waals surface area contributed by atoms with Crippen molar-refractivity contribution in [3.63, 3.8) is 0 Å². The van der Waals surface area contributed by atoms with Crippen molar-refractivity contribution in [2.24, 2.45) is 0 Å². The van der Waals surface area contributed by atoms with Crippen LogP contribution in [0.25, 0.3) is 0 Å². The molecule has 1 aromatic heterocycles. The maximum Gasteiger partial charge on any atom is 0.319 e. The van der Waals surface area contributed by atoms with E-state index in [1.807, 2.05) is 18.5 Å². The Labute approximate surface area is 112 Å². The monoisotopic (exact) mass is 273 g/mol. The molecule has 0 aliphatic carbocycles. The lowest BCUT2D eigenvalue weighted by molar-refractivity contribution is -0.142. The molecule has 0 bridgehead atoms. The van der Waals surface area contributed by atoms with Crippen LogP contribution in [0, 0.1) is 0 Å². The standard InChI is InChI=1S/C12H20ClN3O2/c1-4-9-12(13)10(16(5-2)15-9)7-14-8-11(17)18-6-3/h14H,4-8H2,1-3H3. The molecule has 0 radical (unpaired) electrons. The van der Waals surface area contributed by atoms with Gasteiger partial charge in [0.1, 0.15) is 0 Å². The third-order valence-electron chi connectivity index (χ3n) is 2.56. The summed E-state index contributed by atoms with van der Waals surface area (Å²) < 4.78 is 6.70. The van der Waals surface area contributed by atoms with Crippen molar-refractivity contribution >= 4 is 17.6 Å². The summed E-state index contributed by atoms with van der Waals surface area (Å²) in [7, 11) is 0. The van der Waals surface area contributed by atoms with E-state index in [1.54, 1.807) is 6.92 Å². The SMILES string of the molecule is CCOC(=O)CNCc1c(Cl)c(CC)nn1CC. The molecule has 0 saturated heterocycles. The molecule has 1 heterocycles. The van der Waals surface area contributed by atoms with E-state index < -0.39 is 0 Å². The van der Waals surface area contributed by atoms with Crippen LogP contribution in [0.15, 0.2) is 0 Å². The van der Waals surface area contributed by atoms with Gasteiger partial charge in [0, 0.05) is 13.1 Å². The zero-order valence-corrected chi connectivity index (χ0v) is 11.9. The van der Waals surface area contributed by atoms with Gasteiger partial charge in [-0.1, -0.05) is 18.5 Å². The summed E-state index contributed by atoms with van der Waals surface area (Å²) in [6.45, 7) is 7.67. The van der Waals surface area contributed by atoms with Crippen LogP contribution in [-0.4, -0.2) is 28.9 Å². The third kappa shape index (κ3) is 3.71. The number of hydrogen-bond donors (Lipinski definition) is 1. The first-order valence-corrected chi connectivity index (χ1v) is 6.62. The number of carbonyl (C=O) groups excluding carboxylic acids is 1. The molecule has 18 heavy (non-hydrogen) atoms. The van der Waals surface area contributed by atoms with E-state index in [9.17, 15) is 4.79 Å². The number of rotatable bonds is 7. The van der Waals surface area contributed by atoms with Crippen LogP contribution in [0.2, 0.25) is 5.02 Å². The molecule has 0 spiro atoms. The Morgan fingerprint density at radius 2 is 2.17 bits per heavy atom. The summed E-state index contributed by atoms with van der Waals surface area (Å²) in [5.74, 6) is -0.257. The van der Waals surface area contributed by atoms with Gasteiger partial charge in [0.25, 0.3) is 0 Å². The van der Waals surface area contributed by atoms with E-state index in [2.05, 4.69) is 10.4 Å². The highest BCUT2D eigenvalue weighted by molar-refractivity contribution is 6.31. The molecule has 0 unspecified atom stereocenters. The van der Waals surface area contributed by atoms with E-state index in [-0.39, 0.29) is 12.5 Å². The molecule has 0 amide bonds. The van der Waals surface area contributed by atoms with Crippen molar-refractivity contribution in [2.45, 2.75) is 40.3 Å². The summed E-state index contributed by atoms with van der Waals surface area (Å²) >= 11 is 6.25. The molecule has 0 fully saturated rings. The predicted molar refractivity (Wildman–Crippen MR) is 70.6 cm³/mol. The van der Waals surface area contributed by atoms with Crippen LogP contribution < -0.4 is 5.32 Å². The average molecular weight is 274 g/mol. The summed E-state index contributed by atoms with van der Waals surface area (Å²) in [4.78, 5) is 11.2. The number of nitrogens with zero attached hydrogens (tertiary/aromatic N) is 2. The second-order valence-electron chi connectivity index (χ2n) is 3.79. The zero-order chi connectivity index (χ0) is 13.5. The van der Waals surface area contributed by atoms with E-state index in [4.69, 9.17) is 16.3 Å². The highest BCUT2D eigenvalue weighted by atomic mass is 35.5. The van der Waals surface area contributed by atoms with Crippen LogP contribution in [0.4, 0.5) is 0 Å². The molecule has 6 heteroatoms. The molecule has 1 aromatic rings.